The highest BCUT2D eigenvalue weighted by molar-refractivity contribution is 5.88. The van der Waals surface area contributed by atoms with E-state index in [4.69, 9.17) is 4.74 Å². The summed E-state index contributed by atoms with van der Waals surface area (Å²) in [6, 6.07) is 16.1. The average Bonchev–Trinajstić information content (AvgIpc) is 2.66. The fourth-order valence-corrected chi connectivity index (χ4v) is 3.07. The molecule has 0 aliphatic carbocycles. The van der Waals surface area contributed by atoms with Crippen molar-refractivity contribution >= 4 is 16.7 Å². The second-order valence-electron chi connectivity index (χ2n) is 7.82. The van der Waals surface area contributed by atoms with Crippen molar-refractivity contribution in [3.8, 4) is 5.75 Å². The third-order valence-corrected chi connectivity index (χ3v) is 4.22. The Morgan fingerprint density at radius 2 is 1.86 bits per heavy atom. The Morgan fingerprint density at radius 3 is 2.61 bits per heavy atom. The van der Waals surface area contributed by atoms with Gasteiger partial charge in [-0.15, -0.1) is 0 Å². The molecule has 0 unspecified atom stereocenters. The van der Waals surface area contributed by atoms with Gasteiger partial charge in [-0.3, -0.25) is 9.78 Å². The van der Waals surface area contributed by atoms with E-state index >= 15 is 0 Å². The lowest BCUT2D eigenvalue weighted by Crippen LogP contribution is -2.43. The maximum atomic E-state index is 12.1. The first kappa shape index (κ1) is 19.8. The summed E-state index contributed by atoms with van der Waals surface area (Å²) in [6.45, 7) is 7.19. The number of carbonyl (C=O) groups is 1. The number of benzene rings is 2. The van der Waals surface area contributed by atoms with Crippen molar-refractivity contribution in [2.75, 3.05) is 6.61 Å². The van der Waals surface area contributed by atoms with Crippen LogP contribution in [0.3, 0.4) is 0 Å². The van der Waals surface area contributed by atoms with Crippen molar-refractivity contribution in [2.45, 2.75) is 39.4 Å². The first-order chi connectivity index (χ1) is 13.4. The number of carbonyl (C=O) groups excluding carboxylic acids is 1. The summed E-state index contributed by atoms with van der Waals surface area (Å²) in [6.07, 6.45) is 3.62. The van der Waals surface area contributed by atoms with E-state index in [2.05, 4.69) is 27.8 Å². The van der Waals surface area contributed by atoms with Crippen molar-refractivity contribution < 1.29 is 9.53 Å². The number of pyridine rings is 1. The Morgan fingerprint density at radius 1 is 1.04 bits per heavy atom. The Labute approximate surface area is 166 Å². The molecule has 146 valence electrons. The Bertz CT molecular complexity index is 933. The molecule has 0 radical (unpaired) electrons. The van der Waals surface area contributed by atoms with Crippen molar-refractivity contribution in [1.82, 2.24) is 15.6 Å². The maximum absolute atomic E-state index is 12.1. The quantitative estimate of drug-likeness (QED) is 0.657. The Hall–Kier alpha value is -2.92. The zero-order chi connectivity index (χ0) is 20.0. The van der Waals surface area contributed by atoms with Gasteiger partial charge in [-0.1, -0.05) is 36.4 Å². The molecule has 1 heterocycles. The molecule has 0 aliphatic heterocycles. The van der Waals surface area contributed by atoms with Gasteiger partial charge in [0.05, 0.1) is 0 Å². The molecule has 3 aromatic rings. The van der Waals surface area contributed by atoms with Crippen LogP contribution in [-0.4, -0.2) is 23.0 Å². The van der Waals surface area contributed by atoms with Crippen molar-refractivity contribution in [3.05, 3.63) is 72.1 Å². The molecule has 2 aromatic carbocycles. The fourth-order valence-electron chi connectivity index (χ4n) is 3.07. The van der Waals surface area contributed by atoms with Crippen LogP contribution >= 0.6 is 0 Å². The summed E-state index contributed by atoms with van der Waals surface area (Å²) < 4.78 is 5.89. The van der Waals surface area contributed by atoms with Gasteiger partial charge in [-0.05, 0) is 49.2 Å². The van der Waals surface area contributed by atoms with Gasteiger partial charge in [0, 0.05) is 36.6 Å². The molecule has 2 N–H and O–H groups in total. The molecule has 0 atom stereocenters. The predicted molar refractivity (Wildman–Crippen MR) is 112 cm³/mol. The molecular formula is C23H27N3O2. The fraction of sp³-hybridized carbons (Fsp3) is 0.304. The van der Waals surface area contributed by atoms with Gasteiger partial charge in [0.2, 0.25) is 0 Å². The summed E-state index contributed by atoms with van der Waals surface area (Å²) >= 11 is 0. The molecule has 5 nitrogen and oxygen atoms in total. The Balaban J connectivity index is 1.75. The minimum Gasteiger partial charge on any atom is -0.483 e. The van der Waals surface area contributed by atoms with Crippen LogP contribution in [0.1, 0.15) is 31.9 Å². The molecule has 0 spiro atoms. The zero-order valence-corrected chi connectivity index (χ0v) is 16.7. The lowest BCUT2D eigenvalue weighted by Gasteiger charge is -2.21. The second kappa shape index (κ2) is 8.85. The summed E-state index contributed by atoms with van der Waals surface area (Å²) in [5, 5.41) is 8.65. The SMILES string of the molecule is CC(C)(C)NC(=O)COc1ccc2ccccc2c1CNCc1cccnc1. The first-order valence-corrected chi connectivity index (χ1v) is 9.46. The monoisotopic (exact) mass is 377 g/mol. The lowest BCUT2D eigenvalue weighted by atomic mass is 10.0. The van der Waals surface area contributed by atoms with Gasteiger partial charge < -0.3 is 15.4 Å². The number of aromatic nitrogens is 1. The summed E-state index contributed by atoms with van der Waals surface area (Å²) in [7, 11) is 0. The standard InChI is InChI=1S/C23H27N3O2/c1-23(2,3)26-22(27)16-28-21-11-10-18-8-4-5-9-19(18)20(21)15-25-14-17-7-6-12-24-13-17/h4-13,25H,14-16H2,1-3H3,(H,26,27). The van der Waals surface area contributed by atoms with Crippen LogP contribution in [0, 0.1) is 0 Å². The van der Waals surface area contributed by atoms with E-state index in [1.165, 1.54) is 0 Å². The third-order valence-electron chi connectivity index (χ3n) is 4.22. The van der Waals surface area contributed by atoms with Crippen molar-refractivity contribution in [3.63, 3.8) is 0 Å². The second-order valence-corrected chi connectivity index (χ2v) is 7.82. The molecule has 0 aliphatic rings. The van der Waals surface area contributed by atoms with Gasteiger partial charge in [0.1, 0.15) is 5.75 Å². The highest BCUT2D eigenvalue weighted by Crippen LogP contribution is 2.28. The molecule has 0 saturated carbocycles. The lowest BCUT2D eigenvalue weighted by molar-refractivity contribution is -0.124. The molecule has 0 saturated heterocycles. The number of hydrogen-bond acceptors (Lipinski definition) is 4. The van der Waals surface area contributed by atoms with E-state index in [0.717, 1.165) is 27.6 Å². The largest absolute Gasteiger partial charge is 0.483 e. The smallest absolute Gasteiger partial charge is 0.258 e. The normalized spacial score (nSPS) is 11.4. The summed E-state index contributed by atoms with van der Waals surface area (Å²) in [4.78, 5) is 16.3. The summed E-state index contributed by atoms with van der Waals surface area (Å²) in [5.74, 6) is 0.594. The van der Waals surface area contributed by atoms with Crippen LogP contribution in [0.15, 0.2) is 60.9 Å². The van der Waals surface area contributed by atoms with Crippen LogP contribution in [0.5, 0.6) is 5.75 Å². The predicted octanol–water partition coefficient (Wildman–Crippen LogP) is 3.82. The van der Waals surface area contributed by atoms with Crippen molar-refractivity contribution in [2.24, 2.45) is 0 Å². The molecular weight excluding hydrogens is 350 g/mol. The van der Waals surface area contributed by atoms with Gasteiger partial charge in [-0.2, -0.15) is 0 Å². The molecule has 0 fully saturated rings. The zero-order valence-electron chi connectivity index (χ0n) is 16.7. The number of fused-ring (bicyclic) bond motifs is 1. The summed E-state index contributed by atoms with van der Waals surface area (Å²) in [5.41, 5.74) is 1.89. The molecule has 0 bridgehead atoms. The van der Waals surface area contributed by atoms with E-state index in [1.807, 2.05) is 63.4 Å². The van der Waals surface area contributed by atoms with Crippen LogP contribution in [0.4, 0.5) is 0 Å². The Kier molecular flexibility index (Phi) is 6.26. The molecule has 1 amide bonds. The first-order valence-electron chi connectivity index (χ1n) is 9.46. The molecule has 5 heteroatoms. The van der Waals surface area contributed by atoms with E-state index in [0.29, 0.717) is 13.1 Å². The number of amides is 1. The molecule has 3 rings (SSSR count). The molecule has 1 aromatic heterocycles. The topological polar surface area (TPSA) is 63.2 Å². The van der Waals surface area contributed by atoms with Gasteiger partial charge in [-0.25, -0.2) is 0 Å². The number of nitrogens with one attached hydrogen (secondary N) is 2. The van der Waals surface area contributed by atoms with E-state index in [-0.39, 0.29) is 18.1 Å². The van der Waals surface area contributed by atoms with Crippen LogP contribution in [0.2, 0.25) is 0 Å². The highest BCUT2D eigenvalue weighted by Gasteiger charge is 2.15. The highest BCUT2D eigenvalue weighted by atomic mass is 16.5. The minimum atomic E-state index is -0.280. The maximum Gasteiger partial charge on any atom is 0.258 e. The third kappa shape index (κ3) is 5.54. The minimum absolute atomic E-state index is 0.00871. The van der Waals surface area contributed by atoms with E-state index in [1.54, 1.807) is 6.20 Å². The van der Waals surface area contributed by atoms with Gasteiger partial charge in [0.15, 0.2) is 6.61 Å². The number of ether oxygens (including phenoxy) is 1. The van der Waals surface area contributed by atoms with Crippen LogP contribution in [0.25, 0.3) is 10.8 Å². The van der Waals surface area contributed by atoms with Gasteiger partial charge in [0.25, 0.3) is 5.91 Å². The van der Waals surface area contributed by atoms with E-state index < -0.39 is 0 Å². The van der Waals surface area contributed by atoms with Crippen LogP contribution < -0.4 is 15.4 Å². The molecule has 28 heavy (non-hydrogen) atoms. The average molecular weight is 377 g/mol. The van der Waals surface area contributed by atoms with Gasteiger partial charge >= 0.3 is 0 Å². The number of hydrogen-bond donors (Lipinski definition) is 2. The number of nitrogens with zero attached hydrogens (tertiary/aromatic N) is 1. The van der Waals surface area contributed by atoms with E-state index in [9.17, 15) is 4.79 Å². The van der Waals surface area contributed by atoms with Crippen LogP contribution in [-0.2, 0) is 17.9 Å². The number of rotatable bonds is 7. The van der Waals surface area contributed by atoms with Crippen molar-refractivity contribution in [1.29, 1.82) is 0 Å².